The molecule has 3 aromatic rings. The molecular weight excluding hydrogens is 459 g/mol. The summed E-state index contributed by atoms with van der Waals surface area (Å²) in [6.07, 6.45) is 2.18. The lowest BCUT2D eigenvalue weighted by Gasteiger charge is -2.33. The molecule has 1 aromatic heterocycles. The van der Waals surface area contributed by atoms with E-state index in [4.69, 9.17) is 4.52 Å². The molecule has 1 N–H and O–H groups in total. The number of hydrogen-bond acceptors (Lipinski definition) is 6. The molecule has 2 aromatic carbocycles. The summed E-state index contributed by atoms with van der Waals surface area (Å²) in [6, 6.07) is 12.5. The van der Waals surface area contributed by atoms with Crippen molar-refractivity contribution >= 4 is 15.9 Å². The maximum absolute atomic E-state index is 13.1. The molecule has 1 amide bonds. The Labute approximate surface area is 198 Å². The summed E-state index contributed by atoms with van der Waals surface area (Å²) in [6.45, 7) is 3.33. The Kier molecular flexibility index (Phi) is 7.38. The average molecular weight is 487 g/mol. The van der Waals surface area contributed by atoms with Crippen LogP contribution in [0.15, 0.2) is 57.9 Å². The molecule has 1 unspecified atom stereocenters. The van der Waals surface area contributed by atoms with Crippen LogP contribution in [0.5, 0.6) is 0 Å². The number of nitrogens with one attached hydrogen (secondary N) is 1. The first-order valence-electron chi connectivity index (χ1n) is 11.2. The van der Waals surface area contributed by atoms with E-state index in [1.165, 1.54) is 12.1 Å². The molecule has 34 heavy (non-hydrogen) atoms. The summed E-state index contributed by atoms with van der Waals surface area (Å²) < 4.78 is 46.1. The van der Waals surface area contributed by atoms with Gasteiger partial charge in [-0.3, -0.25) is 4.79 Å². The van der Waals surface area contributed by atoms with Gasteiger partial charge in [-0.05, 0) is 62.1 Å². The number of sulfonamides is 1. The van der Waals surface area contributed by atoms with Crippen molar-refractivity contribution in [2.45, 2.75) is 37.5 Å². The molecule has 1 saturated heterocycles. The average Bonchev–Trinajstić information content (AvgIpc) is 3.31. The third kappa shape index (κ3) is 6.06. The number of piperidine rings is 1. The Morgan fingerprint density at radius 1 is 1.18 bits per heavy atom. The molecule has 0 spiro atoms. The molecule has 8 nitrogen and oxygen atoms in total. The second kappa shape index (κ2) is 10.4. The van der Waals surface area contributed by atoms with Crippen molar-refractivity contribution in [3.05, 3.63) is 65.8 Å². The van der Waals surface area contributed by atoms with Gasteiger partial charge in [0.25, 0.3) is 0 Å². The molecule has 1 atom stereocenters. The van der Waals surface area contributed by atoms with E-state index in [-0.39, 0.29) is 35.5 Å². The molecule has 4 rings (SSSR count). The van der Waals surface area contributed by atoms with E-state index < -0.39 is 10.0 Å². The van der Waals surface area contributed by atoms with Crippen molar-refractivity contribution in [3.8, 4) is 11.4 Å². The monoisotopic (exact) mass is 486 g/mol. The summed E-state index contributed by atoms with van der Waals surface area (Å²) >= 11 is 0. The van der Waals surface area contributed by atoms with Crippen LogP contribution in [-0.2, 0) is 21.2 Å². The standard InChI is InChI=1S/C24H27FN4O4S/c1-17-4-10-21(11-5-17)34(31,32)26-15-18-3-2-14-29(16-18)23(30)13-12-22-27-24(28-33-22)19-6-8-20(25)9-7-19/h4-11,18,26H,2-3,12-16H2,1H3. The number of hydrogen-bond donors (Lipinski definition) is 1. The van der Waals surface area contributed by atoms with Crippen LogP contribution in [0.4, 0.5) is 4.39 Å². The number of aryl methyl sites for hydroxylation is 2. The van der Waals surface area contributed by atoms with Crippen LogP contribution in [0.25, 0.3) is 11.4 Å². The van der Waals surface area contributed by atoms with Gasteiger partial charge in [0.1, 0.15) is 5.82 Å². The van der Waals surface area contributed by atoms with E-state index in [0.717, 1.165) is 18.4 Å². The molecule has 1 aliphatic heterocycles. The zero-order valence-corrected chi connectivity index (χ0v) is 19.7. The number of likely N-dealkylation sites (tertiary alicyclic amines) is 1. The van der Waals surface area contributed by atoms with Crippen LogP contribution in [0.2, 0.25) is 0 Å². The maximum Gasteiger partial charge on any atom is 0.240 e. The molecule has 0 radical (unpaired) electrons. The van der Waals surface area contributed by atoms with Gasteiger partial charge in [-0.2, -0.15) is 4.98 Å². The zero-order valence-electron chi connectivity index (χ0n) is 18.9. The van der Waals surface area contributed by atoms with Gasteiger partial charge >= 0.3 is 0 Å². The van der Waals surface area contributed by atoms with Gasteiger partial charge in [0.05, 0.1) is 4.90 Å². The fourth-order valence-electron chi connectivity index (χ4n) is 3.93. The van der Waals surface area contributed by atoms with Gasteiger partial charge in [-0.25, -0.2) is 17.5 Å². The van der Waals surface area contributed by atoms with E-state index >= 15 is 0 Å². The van der Waals surface area contributed by atoms with Crippen molar-refractivity contribution in [2.24, 2.45) is 5.92 Å². The highest BCUT2D eigenvalue weighted by Gasteiger charge is 2.25. The maximum atomic E-state index is 13.1. The Hall–Kier alpha value is -3.11. The third-order valence-electron chi connectivity index (χ3n) is 5.89. The first-order valence-corrected chi connectivity index (χ1v) is 12.7. The summed E-state index contributed by atoms with van der Waals surface area (Å²) in [7, 11) is -3.59. The Morgan fingerprint density at radius 2 is 1.91 bits per heavy atom. The van der Waals surface area contributed by atoms with Gasteiger partial charge in [0.2, 0.25) is 27.6 Å². The summed E-state index contributed by atoms with van der Waals surface area (Å²) in [5.41, 5.74) is 1.63. The quantitative estimate of drug-likeness (QED) is 0.524. The number of nitrogens with zero attached hydrogens (tertiary/aromatic N) is 3. The van der Waals surface area contributed by atoms with E-state index in [2.05, 4.69) is 14.9 Å². The lowest BCUT2D eigenvalue weighted by Crippen LogP contribution is -2.43. The number of aromatic nitrogens is 2. The number of benzene rings is 2. The second-order valence-corrected chi connectivity index (χ2v) is 10.3. The first-order chi connectivity index (χ1) is 16.3. The molecule has 1 aliphatic rings. The third-order valence-corrected chi connectivity index (χ3v) is 7.33. The number of rotatable bonds is 8. The van der Waals surface area contributed by atoms with Crippen molar-refractivity contribution in [2.75, 3.05) is 19.6 Å². The van der Waals surface area contributed by atoms with Crippen molar-refractivity contribution in [1.29, 1.82) is 0 Å². The highest BCUT2D eigenvalue weighted by atomic mass is 32.2. The normalized spacial score (nSPS) is 16.5. The lowest BCUT2D eigenvalue weighted by atomic mass is 9.98. The molecule has 2 heterocycles. The van der Waals surface area contributed by atoms with Gasteiger partial charge in [-0.15, -0.1) is 0 Å². The summed E-state index contributed by atoms with van der Waals surface area (Å²) in [5.74, 6) is 0.355. The lowest BCUT2D eigenvalue weighted by molar-refractivity contribution is -0.133. The predicted molar refractivity (Wildman–Crippen MR) is 124 cm³/mol. The van der Waals surface area contributed by atoms with Crippen molar-refractivity contribution in [3.63, 3.8) is 0 Å². The zero-order chi connectivity index (χ0) is 24.1. The van der Waals surface area contributed by atoms with Gasteiger partial charge in [0, 0.05) is 38.0 Å². The van der Waals surface area contributed by atoms with Gasteiger partial charge in [0.15, 0.2) is 0 Å². The van der Waals surface area contributed by atoms with Crippen molar-refractivity contribution in [1.82, 2.24) is 19.8 Å². The molecular formula is C24H27FN4O4S. The van der Waals surface area contributed by atoms with Crippen LogP contribution in [0.1, 0.15) is 30.7 Å². The fourth-order valence-corrected chi connectivity index (χ4v) is 5.05. The summed E-state index contributed by atoms with van der Waals surface area (Å²) in [5, 5.41) is 3.90. The molecule has 1 fully saturated rings. The minimum absolute atomic E-state index is 0.0346. The van der Waals surface area contributed by atoms with Crippen molar-refractivity contribution < 1.29 is 22.1 Å². The minimum Gasteiger partial charge on any atom is -0.342 e. The van der Waals surface area contributed by atoms with E-state index in [1.807, 2.05) is 6.92 Å². The highest BCUT2D eigenvalue weighted by molar-refractivity contribution is 7.89. The van der Waals surface area contributed by atoms with Gasteiger partial charge < -0.3 is 9.42 Å². The van der Waals surface area contributed by atoms with Crippen LogP contribution in [-0.4, -0.2) is 49.0 Å². The Balaban J connectivity index is 1.27. The minimum atomic E-state index is -3.59. The Morgan fingerprint density at radius 3 is 2.65 bits per heavy atom. The van der Waals surface area contributed by atoms with E-state index in [1.54, 1.807) is 41.3 Å². The molecule has 0 bridgehead atoms. The van der Waals surface area contributed by atoms with Crippen LogP contribution >= 0.6 is 0 Å². The molecule has 0 aliphatic carbocycles. The number of amides is 1. The van der Waals surface area contributed by atoms with Gasteiger partial charge in [-0.1, -0.05) is 22.9 Å². The largest absolute Gasteiger partial charge is 0.342 e. The Bertz CT molecular complexity index is 1230. The second-order valence-electron chi connectivity index (χ2n) is 8.53. The van der Waals surface area contributed by atoms with Crippen LogP contribution in [0, 0.1) is 18.7 Å². The van der Waals surface area contributed by atoms with Crippen LogP contribution < -0.4 is 4.72 Å². The predicted octanol–water partition coefficient (Wildman–Crippen LogP) is 3.33. The number of halogens is 1. The van der Waals surface area contributed by atoms with E-state index in [9.17, 15) is 17.6 Å². The SMILES string of the molecule is Cc1ccc(S(=O)(=O)NCC2CCCN(C(=O)CCc3nc(-c4ccc(F)cc4)no3)C2)cc1. The molecule has 10 heteroatoms. The van der Waals surface area contributed by atoms with E-state index in [0.29, 0.717) is 36.8 Å². The fraction of sp³-hybridized carbons (Fsp3) is 0.375. The highest BCUT2D eigenvalue weighted by Crippen LogP contribution is 2.20. The smallest absolute Gasteiger partial charge is 0.240 e. The first kappa shape index (κ1) is 24.0. The molecule has 0 saturated carbocycles. The molecule has 180 valence electrons. The summed E-state index contributed by atoms with van der Waals surface area (Å²) in [4.78, 5) is 19.0. The topological polar surface area (TPSA) is 105 Å². The van der Waals surface area contributed by atoms with Crippen LogP contribution in [0.3, 0.4) is 0 Å². The number of carbonyl (C=O) groups is 1. The number of carbonyl (C=O) groups excluding carboxylic acids is 1.